The smallest absolute Gasteiger partial charge is 0.326 e. The van der Waals surface area contributed by atoms with Crippen molar-refractivity contribution >= 4 is 11.9 Å². The van der Waals surface area contributed by atoms with Crippen molar-refractivity contribution in [1.29, 1.82) is 0 Å². The van der Waals surface area contributed by atoms with Crippen LogP contribution in [-0.2, 0) is 16.0 Å². The molecule has 1 heterocycles. The van der Waals surface area contributed by atoms with Crippen molar-refractivity contribution in [2.45, 2.75) is 31.7 Å². The zero-order valence-electron chi connectivity index (χ0n) is 10.8. The predicted molar refractivity (Wildman–Crippen MR) is 67.0 cm³/mol. The summed E-state index contributed by atoms with van der Waals surface area (Å²) in [6.07, 6.45) is 1.54. The molecule has 1 saturated heterocycles. The Bertz CT molecular complexity index is 533. The van der Waals surface area contributed by atoms with Crippen molar-refractivity contribution in [3.8, 4) is 0 Å². The third-order valence-electron chi connectivity index (χ3n) is 3.46. The summed E-state index contributed by atoms with van der Waals surface area (Å²) in [7, 11) is 0. The molecule has 2 rings (SSSR count). The highest BCUT2D eigenvalue weighted by Gasteiger charge is 2.32. The van der Waals surface area contributed by atoms with Gasteiger partial charge in [0.15, 0.2) is 0 Å². The van der Waals surface area contributed by atoms with Crippen LogP contribution in [0.1, 0.15) is 24.8 Å². The van der Waals surface area contributed by atoms with Crippen LogP contribution in [0.3, 0.4) is 0 Å². The van der Waals surface area contributed by atoms with Gasteiger partial charge in [0.2, 0.25) is 5.91 Å². The fourth-order valence-electron chi connectivity index (χ4n) is 2.43. The summed E-state index contributed by atoms with van der Waals surface area (Å²) in [4.78, 5) is 24.5. The number of piperidine rings is 1. The number of nitrogens with zero attached hydrogens (tertiary/aromatic N) is 1. The number of carbonyl (C=O) groups excluding carboxylic acids is 1. The average molecular weight is 283 g/mol. The van der Waals surface area contributed by atoms with Gasteiger partial charge in [-0.25, -0.2) is 13.6 Å². The second-order valence-electron chi connectivity index (χ2n) is 4.85. The van der Waals surface area contributed by atoms with Crippen LogP contribution in [-0.4, -0.2) is 34.5 Å². The summed E-state index contributed by atoms with van der Waals surface area (Å²) < 4.78 is 26.6. The standard InChI is InChI=1S/C14H15F2NO3/c15-10-4-5-11(16)9(7-10)8-13(18)17-6-2-1-3-12(17)14(19)20/h4-5,7,12H,1-3,6,8H2,(H,19,20)/t12-/m1/s1. The van der Waals surface area contributed by atoms with Crippen LogP contribution in [0.25, 0.3) is 0 Å². The lowest BCUT2D eigenvalue weighted by atomic mass is 10.0. The molecule has 0 bridgehead atoms. The number of carboxylic acid groups (broad SMARTS) is 1. The summed E-state index contributed by atoms with van der Waals surface area (Å²) in [6.45, 7) is 0.340. The Morgan fingerprint density at radius 3 is 2.75 bits per heavy atom. The van der Waals surface area contributed by atoms with E-state index in [0.29, 0.717) is 13.0 Å². The fourth-order valence-corrected chi connectivity index (χ4v) is 2.43. The molecule has 0 radical (unpaired) electrons. The summed E-state index contributed by atoms with van der Waals surface area (Å²) in [6, 6.07) is 2.04. The average Bonchev–Trinajstić information content (AvgIpc) is 2.42. The molecule has 6 heteroatoms. The molecule has 20 heavy (non-hydrogen) atoms. The number of carboxylic acids is 1. The zero-order valence-corrected chi connectivity index (χ0v) is 10.8. The molecule has 108 valence electrons. The number of rotatable bonds is 3. The van der Waals surface area contributed by atoms with Crippen LogP contribution in [0, 0.1) is 11.6 Å². The van der Waals surface area contributed by atoms with Gasteiger partial charge in [-0.1, -0.05) is 0 Å². The minimum absolute atomic E-state index is 0.0512. The molecule has 1 atom stereocenters. The lowest BCUT2D eigenvalue weighted by Gasteiger charge is -2.33. The van der Waals surface area contributed by atoms with Crippen molar-refractivity contribution in [3.05, 3.63) is 35.4 Å². The largest absolute Gasteiger partial charge is 0.480 e. The molecule has 0 unspecified atom stereocenters. The Kier molecular flexibility index (Phi) is 4.32. The molecule has 4 nitrogen and oxygen atoms in total. The Morgan fingerprint density at radius 2 is 2.05 bits per heavy atom. The van der Waals surface area contributed by atoms with Gasteiger partial charge in [0.25, 0.3) is 0 Å². The first-order valence-corrected chi connectivity index (χ1v) is 6.45. The number of hydrogen-bond acceptors (Lipinski definition) is 2. The number of likely N-dealkylation sites (tertiary alicyclic amines) is 1. The molecule has 0 spiro atoms. The van der Waals surface area contributed by atoms with E-state index in [1.807, 2.05) is 0 Å². The molecular formula is C14H15F2NO3. The minimum Gasteiger partial charge on any atom is -0.480 e. The zero-order chi connectivity index (χ0) is 14.7. The van der Waals surface area contributed by atoms with Gasteiger partial charge < -0.3 is 10.0 Å². The van der Waals surface area contributed by atoms with Gasteiger partial charge in [-0.2, -0.15) is 0 Å². The molecule has 1 aliphatic rings. The van der Waals surface area contributed by atoms with E-state index in [4.69, 9.17) is 5.11 Å². The van der Waals surface area contributed by atoms with E-state index in [-0.39, 0.29) is 12.0 Å². The number of halogens is 2. The van der Waals surface area contributed by atoms with Crippen molar-refractivity contribution in [1.82, 2.24) is 4.90 Å². The fraction of sp³-hybridized carbons (Fsp3) is 0.429. The number of hydrogen-bond donors (Lipinski definition) is 1. The minimum atomic E-state index is -1.06. The second-order valence-corrected chi connectivity index (χ2v) is 4.85. The number of benzene rings is 1. The Hall–Kier alpha value is -1.98. The van der Waals surface area contributed by atoms with Gasteiger partial charge in [0.1, 0.15) is 17.7 Å². The van der Waals surface area contributed by atoms with E-state index in [0.717, 1.165) is 31.0 Å². The number of carbonyl (C=O) groups is 2. The number of amides is 1. The maximum Gasteiger partial charge on any atom is 0.326 e. The molecule has 1 aromatic carbocycles. The Balaban J connectivity index is 2.14. The van der Waals surface area contributed by atoms with Crippen molar-refractivity contribution in [2.75, 3.05) is 6.54 Å². The topological polar surface area (TPSA) is 57.6 Å². The van der Waals surface area contributed by atoms with Crippen molar-refractivity contribution in [2.24, 2.45) is 0 Å². The molecule has 1 fully saturated rings. The Labute approximate surface area is 115 Å². The summed E-state index contributed by atoms with van der Waals surface area (Å²) in [5, 5.41) is 9.09. The van der Waals surface area contributed by atoms with Gasteiger partial charge in [0.05, 0.1) is 6.42 Å². The summed E-state index contributed by atoms with van der Waals surface area (Å²) >= 11 is 0. The molecule has 0 saturated carbocycles. The SMILES string of the molecule is O=C(O)[C@H]1CCCCN1C(=O)Cc1cc(F)ccc1F. The van der Waals surface area contributed by atoms with E-state index in [9.17, 15) is 18.4 Å². The molecule has 0 aromatic heterocycles. The molecule has 0 aliphatic carbocycles. The third kappa shape index (κ3) is 3.12. The predicted octanol–water partition coefficient (Wildman–Crippen LogP) is 1.97. The lowest BCUT2D eigenvalue weighted by molar-refractivity contribution is -0.151. The second kappa shape index (κ2) is 5.98. The van der Waals surface area contributed by atoms with Gasteiger partial charge in [0, 0.05) is 12.1 Å². The molecule has 1 amide bonds. The van der Waals surface area contributed by atoms with E-state index in [1.54, 1.807) is 0 Å². The van der Waals surface area contributed by atoms with Crippen molar-refractivity contribution in [3.63, 3.8) is 0 Å². The third-order valence-corrected chi connectivity index (χ3v) is 3.46. The van der Waals surface area contributed by atoms with Crippen molar-refractivity contribution < 1.29 is 23.5 Å². The monoisotopic (exact) mass is 283 g/mol. The van der Waals surface area contributed by atoms with E-state index < -0.39 is 29.6 Å². The van der Waals surface area contributed by atoms with Crippen LogP contribution in [0.15, 0.2) is 18.2 Å². The highest BCUT2D eigenvalue weighted by molar-refractivity contribution is 5.85. The maximum atomic E-state index is 13.5. The van der Waals surface area contributed by atoms with Crippen LogP contribution < -0.4 is 0 Å². The van der Waals surface area contributed by atoms with Crippen LogP contribution in [0.5, 0.6) is 0 Å². The normalized spacial score (nSPS) is 18.9. The van der Waals surface area contributed by atoms with Crippen LogP contribution in [0.4, 0.5) is 8.78 Å². The first-order chi connectivity index (χ1) is 9.49. The Morgan fingerprint density at radius 1 is 1.30 bits per heavy atom. The highest BCUT2D eigenvalue weighted by Crippen LogP contribution is 2.19. The molecular weight excluding hydrogens is 268 g/mol. The van der Waals surface area contributed by atoms with E-state index in [1.165, 1.54) is 4.90 Å². The van der Waals surface area contributed by atoms with Gasteiger partial charge in [-0.05, 0) is 37.5 Å². The van der Waals surface area contributed by atoms with E-state index in [2.05, 4.69) is 0 Å². The lowest BCUT2D eigenvalue weighted by Crippen LogP contribution is -2.48. The molecule has 1 aliphatic heterocycles. The van der Waals surface area contributed by atoms with Gasteiger partial charge >= 0.3 is 5.97 Å². The molecule has 1 N–H and O–H groups in total. The maximum absolute atomic E-state index is 13.5. The first kappa shape index (κ1) is 14.4. The molecule has 1 aromatic rings. The quantitative estimate of drug-likeness (QED) is 0.922. The van der Waals surface area contributed by atoms with E-state index >= 15 is 0 Å². The first-order valence-electron chi connectivity index (χ1n) is 6.45. The highest BCUT2D eigenvalue weighted by atomic mass is 19.1. The summed E-state index contributed by atoms with van der Waals surface area (Å²) in [5.74, 6) is -2.83. The van der Waals surface area contributed by atoms with Gasteiger partial charge in [-0.3, -0.25) is 4.79 Å². The van der Waals surface area contributed by atoms with Crippen LogP contribution in [0.2, 0.25) is 0 Å². The van der Waals surface area contributed by atoms with Gasteiger partial charge in [-0.15, -0.1) is 0 Å². The number of aliphatic carboxylic acids is 1. The van der Waals surface area contributed by atoms with Crippen LogP contribution >= 0.6 is 0 Å². The summed E-state index contributed by atoms with van der Waals surface area (Å²) in [5.41, 5.74) is -0.0512.